The van der Waals surface area contributed by atoms with Gasteiger partial charge in [0.05, 0.1) is 12.0 Å². The molecule has 3 aromatic rings. The van der Waals surface area contributed by atoms with E-state index >= 15 is 0 Å². The number of H-pyrrole nitrogens is 1. The second-order valence-corrected chi connectivity index (χ2v) is 6.32. The van der Waals surface area contributed by atoms with E-state index in [2.05, 4.69) is 34.8 Å². The number of nitrogen functional groups attached to an aromatic ring is 1. The second-order valence-electron chi connectivity index (χ2n) is 5.93. The summed E-state index contributed by atoms with van der Waals surface area (Å²) in [5, 5.41) is 7.32. The molecule has 7 heteroatoms. The number of aliphatic imine (C=N–C) groups is 1. The van der Waals surface area contributed by atoms with E-state index in [1.807, 2.05) is 45.9 Å². The molecule has 0 saturated carbocycles. The molecular weight excluding hydrogens is 356 g/mol. The van der Waals surface area contributed by atoms with Crippen molar-refractivity contribution in [3.8, 4) is 17.1 Å². The van der Waals surface area contributed by atoms with E-state index in [9.17, 15) is 0 Å². The lowest BCUT2D eigenvalue weighted by Crippen LogP contribution is -2.12. The zero-order valence-electron chi connectivity index (χ0n) is 15.4. The fourth-order valence-electron chi connectivity index (χ4n) is 2.90. The fourth-order valence-corrected chi connectivity index (χ4v) is 3.14. The Kier molecular flexibility index (Phi) is 5.52. The number of hydrogen-bond acceptors (Lipinski definition) is 4. The minimum atomic E-state index is 0.531. The highest BCUT2D eigenvalue weighted by Gasteiger charge is 2.12. The molecule has 0 radical (unpaired) electrons. The average Bonchev–Trinajstić information content (AvgIpc) is 3.08. The highest BCUT2D eigenvalue weighted by atomic mass is 32.1. The van der Waals surface area contributed by atoms with E-state index in [0.29, 0.717) is 4.77 Å². The molecular formula is C20H22N6S. The molecule has 138 valence electrons. The molecule has 1 heterocycles. The van der Waals surface area contributed by atoms with Gasteiger partial charge in [-0.1, -0.05) is 13.5 Å². The van der Waals surface area contributed by atoms with Crippen LogP contribution in [0, 0.1) is 4.77 Å². The lowest BCUT2D eigenvalue weighted by molar-refractivity contribution is 1.03. The third-order valence-electron chi connectivity index (χ3n) is 4.30. The Morgan fingerprint density at radius 3 is 2.67 bits per heavy atom. The van der Waals surface area contributed by atoms with Crippen molar-refractivity contribution in [3.63, 3.8) is 0 Å². The normalized spacial score (nSPS) is 11.0. The summed E-state index contributed by atoms with van der Waals surface area (Å²) in [6.07, 6.45) is 4.27. The van der Waals surface area contributed by atoms with Crippen molar-refractivity contribution in [3.05, 3.63) is 65.6 Å². The summed E-state index contributed by atoms with van der Waals surface area (Å²) in [5.74, 6) is 0.748. The van der Waals surface area contributed by atoms with Gasteiger partial charge in [-0.15, -0.1) is 0 Å². The van der Waals surface area contributed by atoms with Gasteiger partial charge in [0, 0.05) is 30.2 Å². The number of benzene rings is 2. The summed E-state index contributed by atoms with van der Waals surface area (Å²) in [6.45, 7) is 5.89. The smallest absolute Gasteiger partial charge is 0.200 e. The summed E-state index contributed by atoms with van der Waals surface area (Å²) < 4.78 is 2.44. The van der Waals surface area contributed by atoms with Crippen LogP contribution in [0.2, 0.25) is 0 Å². The maximum atomic E-state index is 6.04. The maximum Gasteiger partial charge on any atom is 0.200 e. The molecule has 0 amide bonds. The standard InChI is InChI=1S/C20H22N6S/c1-4-14-12-15(6-11-18(14)21)19-23-24-20(27)26(19)17-9-7-16(8-10-17)25(5-2)13-22-3/h5-13H,2,4,21H2,1,3H3,(H,24,27). The van der Waals surface area contributed by atoms with Crippen LogP contribution < -0.4 is 10.6 Å². The van der Waals surface area contributed by atoms with Crippen LogP contribution in [-0.4, -0.2) is 28.2 Å². The zero-order valence-corrected chi connectivity index (χ0v) is 16.2. The van der Waals surface area contributed by atoms with E-state index in [0.717, 1.165) is 40.4 Å². The summed E-state index contributed by atoms with van der Waals surface area (Å²) >= 11 is 5.46. The molecule has 3 rings (SSSR count). The van der Waals surface area contributed by atoms with E-state index in [-0.39, 0.29) is 0 Å². The van der Waals surface area contributed by atoms with Crippen LogP contribution in [0.1, 0.15) is 12.5 Å². The fraction of sp³-hybridized carbons (Fsp3) is 0.150. The molecule has 0 fully saturated rings. The third kappa shape index (κ3) is 3.68. The minimum Gasteiger partial charge on any atom is -0.399 e. The highest BCUT2D eigenvalue weighted by molar-refractivity contribution is 7.71. The number of nitrogens with one attached hydrogen (secondary N) is 1. The Labute approximate surface area is 163 Å². The zero-order chi connectivity index (χ0) is 19.4. The lowest BCUT2D eigenvalue weighted by Gasteiger charge is -2.15. The minimum absolute atomic E-state index is 0.531. The van der Waals surface area contributed by atoms with Gasteiger partial charge in [-0.3, -0.25) is 14.7 Å². The van der Waals surface area contributed by atoms with Crippen molar-refractivity contribution >= 4 is 29.9 Å². The van der Waals surface area contributed by atoms with Crippen molar-refractivity contribution in [2.45, 2.75) is 13.3 Å². The maximum absolute atomic E-state index is 6.04. The summed E-state index contributed by atoms with van der Waals surface area (Å²) in [6, 6.07) is 13.9. The number of anilines is 2. The Morgan fingerprint density at radius 1 is 1.30 bits per heavy atom. The molecule has 0 aliphatic carbocycles. The van der Waals surface area contributed by atoms with Crippen LogP contribution in [0.3, 0.4) is 0 Å². The van der Waals surface area contributed by atoms with Gasteiger partial charge < -0.3 is 10.6 Å². The van der Waals surface area contributed by atoms with Gasteiger partial charge in [-0.05, 0) is 66.7 Å². The quantitative estimate of drug-likeness (QED) is 0.289. The van der Waals surface area contributed by atoms with Gasteiger partial charge in [-0.2, -0.15) is 5.10 Å². The molecule has 0 aliphatic rings. The Morgan fingerprint density at radius 2 is 2.04 bits per heavy atom. The predicted molar refractivity (Wildman–Crippen MR) is 115 cm³/mol. The summed E-state index contributed by atoms with van der Waals surface area (Å²) in [5.41, 5.74) is 10.7. The third-order valence-corrected chi connectivity index (χ3v) is 4.57. The van der Waals surface area contributed by atoms with Crippen LogP contribution in [-0.2, 0) is 6.42 Å². The number of aromatic amines is 1. The van der Waals surface area contributed by atoms with Crippen molar-refractivity contribution in [1.82, 2.24) is 14.8 Å². The number of aromatic nitrogens is 3. The number of aryl methyl sites for hydroxylation is 1. The van der Waals surface area contributed by atoms with Gasteiger partial charge in [0.25, 0.3) is 0 Å². The van der Waals surface area contributed by atoms with E-state index < -0.39 is 0 Å². The van der Waals surface area contributed by atoms with Crippen molar-refractivity contribution in [2.24, 2.45) is 4.99 Å². The van der Waals surface area contributed by atoms with E-state index in [1.165, 1.54) is 0 Å². The Hall–Kier alpha value is -3.19. The summed E-state index contributed by atoms with van der Waals surface area (Å²) in [4.78, 5) is 5.87. The molecule has 6 nitrogen and oxygen atoms in total. The first-order valence-electron chi connectivity index (χ1n) is 8.58. The Bertz CT molecular complexity index is 1030. The van der Waals surface area contributed by atoms with Crippen LogP contribution >= 0.6 is 12.2 Å². The number of rotatable bonds is 6. The van der Waals surface area contributed by atoms with Crippen LogP contribution in [0.5, 0.6) is 0 Å². The summed E-state index contributed by atoms with van der Waals surface area (Å²) in [7, 11) is 1.72. The van der Waals surface area contributed by atoms with Gasteiger partial charge in [0.2, 0.25) is 0 Å². The molecule has 0 aliphatic heterocycles. The molecule has 3 N–H and O–H groups in total. The second kappa shape index (κ2) is 8.01. The van der Waals surface area contributed by atoms with Crippen LogP contribution in [0.15, 0.2) is 60.2 Å². The molecule has 0 saturated heterocycles. The topological polar surface area (TPSA) is 75.2 Å². The molecule has 0 unspecified atom stereocenters. The average molecular weight is 379 g/mol. The largest absolute Gasteiger partial charge is 0.399 e. The first-order valence-corrected chi connectivity index (χ1v) is 8.99. The first kappa shape index (κ1) is 18.6. The number of nitrogens with zero attached hydrogens (tertiary/aromatic N) is 4. The first-order chi connectivity index (χ1) is 13.1. The van der Waals surface area contributed by atoms with Crippen LogP contribution in [0.25, 0.3) is 17.1 Å². The predicted octanol–water partition coefficient (Wildman–Crippen LogP) is 4.35. The van der Waals surface area contributed by atoms with Gasteiger partial charge in [0.15, 0.2) is 10.6 Å². The monoisotopic (exact) mass is 378 g/mol. The van der Waals surface area contributed by atoms with Crippen molar-refractivity contribution < 1.29 is 0 Å². The lowest BCUT2D eigenvalue weighted by atomic mass is 10.1. The van der Waals surface area contributed by atoms with Gasteiger partial charge in [0.1, 0.15) is 0 Å². The highest BCUT2D eigenvalue weighted by Crippen LogP contribution is 2.26. The SMILES string of the molecule is C=CN(C=NC)c1ccc(-n2c(-c3ccc(N)c(CC)c3)n[nH]c2=S)cc1. The van der Waals surface area contributed by atoms with Crippen LogP contribution in [0.4, 0.5) is 11.4 Å². The number of hydrogen-bond donors (Lipinski definition) is 2. The van der Waals surface area contributed by atoms with Gasteiger partial charge >= 0.3 is 0 Å². The molecule has 0 spiro atoms. The molecule has 0 bridgehead atoms. The Balaban J connectivity index is 2.05. The van der Waals surface area contributed by atoms with E-state index in [4.69, 9.17) is 18.0 Å². The van der Waals surface area contributed by atoms with Crippen molar-refractivity contribution in [2.75, 3.05) is 17.7 Å². The van der Waals surface area contributed by atoms with Crippen molar-refractivity contribution in [1.29, 1.82) is 0 Å². The molecule has 0 atom stereocenters. The van der Waals surface area contributed by atoms with Gasteiger partial charge in [-0.25, -0.2) is 0 Å². The molecule has 1 aromatic heterocycles. The number of nitrogens with two attached hydrogens (primary N) is 1. The molecule has 2 aromatic carbocycles. The van der Waals surface area contributed by atoms with E-state index in [1.54, 1.807) is 19.6 Å². The molecule has 27 heavy (non-hydrogen) atoms.